The largest absolute Gasteiger partial charge is 0.332 e. The van der Waals surface area contributed by atoms with Crippen LogP contribution in [0.1, 0.15) is 38.5 Å². The molecule has 4 heteroatoms. The van der Waals surface area contributed by atoms with Gasteiger partial charge in [-0.1, -0.05) is 18.2 Å². The van der Waals surface area contributed by atoms with E-state index in [4.69, 9.17) is 13.6 Å². The van der Waals surface area contributed by atoms with Crippen LogP contribution in [0.5, 0.6) is 0 Å². The SMILES string of the molecule is C=CCCCOP(OCCCC=C)OCCCC=C. The lowest BCUT2D eigenvalue weighted by molar-refractivity contribution is 0.157. The highest BCUT2D eigenvalue weighted by Gasteiger charge is 2.11. The zero-order valence-electron chi connectivity index (χ0n) is 11.9. The molecule has 0 unspecified atom stereocenters. The van der Waals surface area contributed by atoms with Crippen LogP contribution in [0.3, 0.4) is 0 Å². The lowest BCUT2D eigenvalue weighted by atomic mass is 10.3. The maximum Gasteiger partial charge on any atom is 0.332 e. The highest BCUT2D eigenvalue weighted by atomic mass is 31.2. The topological polar surface area (TPSA) is 27.7 Å². The van der Waals surface area contributed by atoms with Crippen molar-refractivity contribution >= 4 is 8.60 Å². The molecule has 0 aromatic carbocycles. The maximum absolute atomic E-state index is 5.63. The van der Waals surface area contributed by atoms with Crippen molar-refractivity contribution in [2.75, 3.05) is 19.8 Å². The summed E-state index contributed by atoms with van der Waals surface area (Å²) in [6.07, 6.45) is 11.4. The predicted molar refractivity (Wildman–Crippen MR) is 83.1 cm³/mol. The Morgan fingerprint density at radius 3 is 1.21 bits per heavy atom. The molecule has 0 spiro atoms. The molecule has 0 saturated carbocycles. The molecule has 0 aliphatic rings. The van der Waals surface area contributed by atoms with Crippen molar-refractivity contribution in [3.8, 4) is 0 Å². The smallest absolute Gasteiger partial charge is 0.312 e. The first-order chi connectivity index (χ1) is 9.35. The third-order valence-electron chi connectivity index (χ3n) is 2.25. The Hall–Kier alpha value is -0.470. The second-order valence-electron chi connectivity index (χ2n) is 4.02. The van der Waals surface area contributed by atoms with Gasteiger partial charge in [0.1, 0.15) is 0 Å². The molecule has 0 saturated heterocycles. The summed E-state index contributed by atoms with van der Waals surface area (Å²) in [6, 6.07) is 0. The Labute approximate surface area is 119 Å². The van der Waals surface area contributed by atoms with Crippen LogP contribution < -0.4 is 0 Å². The van der Waals surface area contributed by atoms with Crippen LogP contribution in [0.15, 0.2) is 38.0 Å². The number of allylic oxidation sites excluding steroid dienone is 3. The Morgan fingerprint density at radius 1 is 0.632 bits per heavy atom. The Kier molecular flexibility index (Phi) is 15.2. The maximum atomic E-state index is 5.63. The van der Waals surface area contributed by atoms with Gasteiger partial charge in [0.25, 0.3) is 0 Å². The Balaban J connectivity index is 3.74. The molecule has 0 bridgehead atoms. The van der Waals surface area contributed by atoms with E-state index in [1.165, 1.54) is 0 Å². The van der Waals surface area contributed by atoms with E-state index in [0.29, 0.717) is 19.8 Å². The zero-order valence-corrected chi connectivity index (χ0v) is 12.8. The van der Waals surface area contributed by atoms with Gasteiger partial charge in [0.05, 0.1) is 19.8 Å². The third-order valence-corrected chi connectivity index (χ3v) is 3.43. The van der Waals surface area contributed by atoms with Crippen LogP contribution in [0.4, 0.5) is 0 Å². The minimum absolute atomic E-state index is 0.653. The summed E-state index contributed by atoms with van der Waals surface area (Å²) in [5.74, 6) is 0. The van der Waals surface area contributed by atoms with Gasteiger partial charge in [-0.3, -0.25) is 0 Å². The van der Waals surface area contributed by atoms with Crippen molar-refractivity contribution in [3.63, 3.8) is 0 Å². The number of hydrogen-bond donors (Lipinski definition) is 0. The van der Waals surface area contributed by atoms with Crippen LogP contribution in [0, 0.1) is 0 Å². The quantitative estimate of drug-likeness (QED) is 0.236. The standard InChI is InChI=1S/C15H27O3P/c1-4-7-10-13-16-19(17-14-11-8-5-2)18-15-12-9-6-3/h4-6H,1-3,7-15H2. The van der Waals surface area contributed by atoms with Gasteiger partial charge in [-0.2, -0.15) is 0 Å². The molecule has 0 amide bonds. The summed E-state index contributed by atoms with van der Waals surface area (Å²) < 4.78 is 16.9. The first-order valence-electron chi connectivity index (χ1n) is 6.86. The van der Waals surface area contributed by atoms with Gasteiger partial charge in [-0.05, 0) is 38.5 Å². The van der Waals surface area contributed by atoms with Gasteiger partial charge in [0.15, 0.2) is 0 Å². The van der Waals surface area contributed by atoms with Gasteiger partial charge in [-0.15, -0.1) is 19.7 Å². The van der Waals surface area contributed by atoms with E-state index in [0.717, 1.165) is 38.5 Å². The van der Waals surface area contributed by atoms with Gasteiger partial charge < -0.3 is 13.6 Å². The molecular formula is C15H27O3P. The number of rotatable bonds is 15. The van der Waals surface area contributed by atoms with E-state index < -0.39 is 8.60 Å². The molecule has 0 radical (unpaired) electrons. The Bertz CT molecular complexity index is 193. The van der Waals surface area contributed by atoms with E-state index in [1.54, 1.807) is 0 Å². The highest BCUT2D eigenvalue weighted by molar-refractivity contribution is 7.41. The van der Waals surface area contributed by atoms with E-state index >= 15 is 0 Å². The van der Waals surface area contributed by atoms with Crippen molar-refractivity contribution in [2.45, 2.75) is 38.5 Å². The minimum atomic E-state index is -1.21. The number of unbranched alkanes of at least 4 members (excludes halogenated alkanes) is 3. The minimum Gasteiger partial charge on any atom is -0.312 e. The van der Waals surface area contributed by atoms with E-state index in [-0.39, 0.29) is 0 Å². The molecule has 3 nitrogen and oxygen atoms in total. The molecule has 0 fully saturated rings. The first-order valence-corrected chi connectivity index (χ1v) is 7.96. The molecule has 0 aliphatic heterocycles. The van der Waals surface area contributed by atoms with Crippen LogP contribution in [-0.2, 0) is 13.6 Å². The molecule has 0 aromatic rings. The average molecular weight is 286 g/mol. The fourth-order valence-corrected chi connectivity index (χ4v) is 2.27. The second kappa shape index (κ2) is 15.6. The van der Waals surface area contributed by atoms with Crippen molar-refractivity contribution in [2.24, 2.45) is 0 Å². The van der Waals surface area contributed by atoms with Gasteiger partial charge in [0.2, 0.25) is 0 Å². The fraction of sp³-hybridized carbons (Fsp3) is 0.600. The summed E-state index contributed by atoms with van der Waals surface area (Å²) in [6.45, 7) is 13.0. The summed E-state index contributed by atoms with van der Waals surface area (Å²) in [5, 5.41) is 0. The normalized spacial score (nSPS) is 10.6. The molecule has 0 heterocycles. The van der Waals surface area contributed by atoms with E-state index in [1.807, 2.05) is 18.2 Å². The highest BCUT2D eigenvalue weighted by Crippen LogP contribution is 2.40. The number of hydrogen-bond acceptors (Lipinski definition) is 3. The molecule has 19 heavy (non-hydrogen) atoms. The molecule has 0 aromatic heterocycles. The van der Waals surface area contributed by atoms with Gasteiger partial charge in [-0.25, -0.2) is 0 Å². The van der Waals surface area contributed by atoms with Gasteiger partial charge in [0, 0.05) is 0 Å². The first kappa shape index (κ1) is 18.5. The lowest BCUT2D eigenvalue weighted by Gasteiger charge is -2.16. The molecule has 110 valence electrons. The summed E-state index contributed by atoms with van der Waals surface area (Å²) >= 11 is 0. The predicted octanol–water partition coefficient (Wildman–Crippen LogP) is 5.16. The van der Waals surface area contributed by atoms with E-state index in [9.17, 15) is 0 Å². The molecule has 0 rings (SSSR count). The summed E-state index contributed by atoms with van der Waals surface area (Å²) in [7, 11) is -1.21. The Morgan fingerprint density at radius 2 is 0.947 bits per heavy atom. The van der Waals surface area contributed by atoms with E-state index in [2.05, 4.69) is 19.7 Å². The van der Waals surface area contributed by atoms with Crippen LogP contribution in [0.2, 0.25) is 0 Å². The molecule has 0 N–H and O–H groups in total. The fourth-order valence-electron chi connectivity index (χ4n) is 1.21. The molecule has 0 aliphatic carbocycles. The van der Waals surface area contributed by atoms with Crippen molar-refractivity contribution < 1.29 is 13.6 Å². The van der Waals surface area contributed by atoms with Crippen molar-refractivity contribution in [1.82, 2.24) is 0 Å². The monoisotopic (exact) mass is 286 g/mol. The third kappa shape index (κ3) is 13.8. The van der Waals surface area contributed by atoms with Crippen LogP contribution >= 0.6 is 8.60 Å². The zero-order chi connectivity index (χ0) is 14.2. The van der Waals surface area contributed by atoms with Crippen LogP contribution in [0.25, 0.3) is 0 Å². The average Bonchev–Trinajstić information content (AvgIpc) is 2.43. The van der Waals surface area contributed by atoms with Crippen molar-refractivity contribution in [3.05, 3.63) is 38.0 Å². The van der Waals surface area contributed by atoms with Crippen molar-refractivity contribution in [1.29, 1.82) is 0 Å². The van der Waals surface area contributed by atoms with Crippen LogP contribution in [-0.4, -0.2) is 19.8 Å². The lowest BCUT2D eigenvalue weighted by Crippen LogP contribution is -2.00. The summed E-state index contributed by atoms with van der Waals surface area (Å²) in [4.78, 5) is 0. The molecule has 0 atom stereocenters. The molecular weight excluding hydrogens is 259 g/mol. The second-order valence-corrected chi connectivity index (χ2v) is 5.24. The van der Waals surface area contributed by atoms with Gasteiger partial charge >= 0.3 is 8.60 Å². The summed E-state index contributed by atoms with van der Waals surface area (Å²) in [5.41, 5.74) is 0.